The van der Waals surface area contributed by atoms with Gasteiger partial charge in [-0.05, 0) is 128 Å². The molecule has 102 heavy (non-hydrogen) atoms. The number of esters is 4. The van der Waals surface area contributed by atoms with Crippen molar-refractivity contribution >= 4 is 39.5 Å². The summed E-state index contributed by atoms with van der Waals surface area (Å²) in [5.74, 6) is -2.24. The van der Waals surface area contributed by atoms with Gasteiger partial charge >= 0.3 is 39.5 Å². The topological polar surface area (TPSA) is 237 Å². The van der Waals surface area contributed by atoms with Gasteiger partial charge in [-0.1, -0.05) is 291 Å². The Morgan fingerprint density at radius 2 is 0.529 bits per heavy atom. The van der Waals surface area contributed by atoms with Crippen LogP contribution in [0, 0.1) is 0 Å². The van der Waals surface area contributed by atoms with Crippen LogP contribution in [0.5, 0.6) is 0 Å². The molecule has 0 bridgehead atoms. The highest BCUT2D eigenvalue weighted by Crippen LogP contribution is 2.45. The quantitative estimate of drug-likeness (QED) is 0.0169. The Morgan fingerprint density at radius 3 is 0.863 bits per heavy atom. The zero-order valence-corrected chi connectivity index (χ0v) is 66.0. The van der Waals surface area contributed by atoms with Crippen LogP contribution in [-0.4, -0.2) is 96.7 Å². The number of rotatable bonds is 75. The maximum atomic E-state index is 13.1. The Hall–Kier alpha value is -4.28. The van der Waals surface area contributed by atoms with Crippen LogP contribution in [0.25, 0.3) is 0 Å². The molecule has 3 N–H and O–H groups in total. The van der Waals surface area contributed by atoms with E-state index in [0.29, 0.717) is 32.1 Å². The highest BCUT2D eigenvalue weighted by molar-refractivity contribution is 7.47. The fourth-order valence-corrected chi connectivity index (χ4v) is 12.2. The van der Waals surface area contributed by atoms with Crippen molar-refractivity contribution in [3.63, 3.8) is 0 Å². The molecule has 5 unspecified atom stereocenters. The van der Waals surface area contributed by atoms with E-state index in [2.05, 4.69) is 137 Å². The molecule has 0 aromatic heterocycles. The molecular formula is C83H144O17P2. The third kappa shape index (κ3) is 74.0. The lowest BCUT2D eigenvalue weighted by molar-refractivity contribution is -0.161. The predicted molar refractivity (Wildman–Crippen MR) is 418 cm³/mol. The summed E-state index contributed by atoms with van der Waals surface area (Å²) >= 11 is 0. The number of aliphatic hydroxyl groups is 1. The van der Waals surface area contributed by atoms with Gasteiger partial charge in [-0.2, -0.15) is 0 Å². The van der Waals surface area contributed by atoms with E-state index in [4.69, 9.17) is 37.0 Å². The number of allylic oxidation sites excluding steroid dienone is 18. The monoisotopic (exact) mass is 1470 g/mol. The average Bonchev–Trinajstić information content (AvgIpc) is 0.907. The van der Waals surface area contributed by atoms with Crippen LogP contribution in [0.3, 0.4) is 0 Å². The Balaban J connectivity index is 5.38. The molecule has 0 fully saturated rings. The number of phosphoric ester groups is 2. The molecule has 5 atom stereocenters. The Kier molecular flexibility index (Phi) is 71.8. The van der Waals surface area contributed by atoms with Crippen LogP contribution >= 0.6 is 15.6 Å². The number of aliphatic hydroxyl groups excluding tert-OH is 1. The lowest BCUT2D eigenvalue weighted by atomic mass is 10.0. The van der Waals surface area contributed by atoms with Crippen LogP contribution in [0.15, 0.2) is 109 Å². The third-order valence-corrected chi connectivity index (χ3v) is 18.6. The summed E-state index contributed by atoms with van der Waals surface area (Å²) in [7, 11) is -9.97. The Labute approximate surface area is 619 Å². The van der Waals surface area contributed by atoms with E-state index in [1.165, 1.54) is 89.9 Å². The van der Waals surface area contributed by atoms with Crippen molar-refractivity contribution in [1.82, 2.24) is 0 Å². The fraction of sp³-hybridized carbons (Fsp3) is 0.735. The van der Waals surface area contributed by atoms with Gasteiger partial charge in [0.05, 0.1) is 26.4 Å². The average molecular weight is 1480 g/mol. The van der Waals surface area contributed by atoms with Gasteiger partial charge in [0, 0.05) is 25.7 Å². The van der Waals surface area contributed by atoms with Crippen molar-refractivity contribution < 1.29 is 80.2 Å². The molecule has 0 radical (unpaired) electrons. The Bertz CT molecular complexity index is 2360. The predicted octanol–water partition coefficient (Wildman–Crippen LogP) is 23.3. The first-order chi connectivity index (χ1) is 49.7. The maximum absolute atomic E-state index is 13.1. The van der Waals surface area contributed by atoms with E-state index < -0.39 is 97.5 Å². The van der Waals surface area contributed by atoms with Crippen molar-refractivity contribution in [2.45, 2.75) is 354 Å². The van der Waals surface area contributed by atoms with E-state index in [9.17, 15) is 43.2 Å². The van der Waals surface area contributed by atoms with Gasteiger partial charge in [0.15, 0.2) is 12.2 Å². The summed E-state index contributed by atoms with van der Waals surface area (Å²) in [5.41, 5.74) is 0. The summed E-state index contributed by atoms with van der Waals surface area (Å²) in [4.78, 5) is 73.0. The molecule has 0 amide bonds. The second-order valence-electron chi connectivity index (χ2n) is 26.6. The van der Waals surface area contributed by atoms with Crippen LogP contribution < -0.4 is 0 Å². The van der Waals surface area contributed by atoms with E-state index in [0.717, 1.165) is 161 Å². The van der Waals surface area contributed by atoms with Gasteiger partial charge in [-0.25, -0.2) is 9.13 Å². The zero-order chi connectivity index (χ0) is 74.6. The van der Waals surface area contributed by atoms with Crippen molar-refractivity contribution in [3.8, 4) is 0 Å². The third-order valence-electron chi connectivity index (χ3n) is 16.7. The number of hydrogen-bond acceptors (Lipinski definition) is 15. The number of carbonyl (C=O) groups excluding carboxylic acids is 4. The molecule has 0 aromatic carbocycles. The molecule has 0 rings (SSSR count). The van der Waals surface area contributed by atoms with Crippen LogP contribution in [-0.2, 0) is 65.4 Å². The molecule has 0 aromatic rings. The lowest BCUT2D eigenvalue weighted by Gasteiger charge is -2.21. The van der Waals surface area contributed by atoms with E-state index in [-0.39, 0.29) is 25.7 Å². The van der Waals surface area contributed by atoms with E-state index in [1.54, 1.807) is 0 Å². The highest BCUT2D eigenvalue weighted by Gasteiger charge is 2.30. The second-order valence-corrected chi connectivity index (χ2v) is 29.5. The van der Waals surface area contributed by atoms with Crippen molar-refractivity contribution in [3.05, 3.63) is 109 Å². The molecule has 0 saturated heterocycles. The highest BCUT2D eigenvalue weighted by atomic mass is 31.2. The number of ether oxygens (including phenoxy) is 4. The Morgan fingerprint density at radius 1 is 0.284 bits per heavy atom. The molecule has 17 nitrogen and oxygen atoms in total. The summed E-state index contributed by atoms with van der Waals surface area (Å²) in [6.45, 7) is 4.63. The number of hydrogen-bond donors (Lipinski definition) is 3. The molecule has 0 heterocycles. The normalized spacial score (nSPS) is 14.5. The summed E-state index contributed by atoms with van der Waals surface area (Å²) in [6.07, 6.45) is 80.7. The number of carbonyl (C=O) groups is 4. The van der Waals surface area contributed by atoms with Gasteiger partial charge in [0.25, 0.3) is 0 Å². The second kappa shape index (κ2) is 75.0. The molecule has 0 aliphatic heterocycles. The molecule has 19 heteroatoms. The first-order valence-electron chi connectivity index (χ1n) is 40.1. The van der Waals surface area contributed by atoms with Gasteiger partial charge in [-0.3, -0.25) is 37.3 Å². The van der Waals surface area contributed by atoms with E-state index in [1.807, 2.05) is 0 Å². The van der Waals surface area contributed by atoms with E-state index >= 15 is 0 Å². The first kappa shape index (κ1) is 97.7. The minimum atomic E-state index is -4.99. The molecule has 0 saturated carbocycles. The first-order valence-corrected chi connectivity index (χ1v) is 43.1. The number of phosphoric acid groups is 2. The minimum Gasteiger partial charge on any atom is -0.462 e. The van der Waals surface area contributed by atoms with Crippen LogP contribution in [0.2, 0.25) is 0 Å². The largest absolute Gasteiger partial charge is 0.472 e. The molecule has 0 aliphatic rings. The van der Waals surface area contributed by atoms with Crippen molar-refractivity contribution in [1.29, 1.82) is 0 Å². The molecular weight excluding hydrogens is 1330 g/mol. The van der Waals surface area contributed by atoms with Crippen LogP contribution in [0.4, 0.5) is 0 Å². The lowest BCUT2D eigenvalue weighted by Crippen LogP contribution is -2.30. The molecule has 0 spiro atoms. The number of unbranched alkanes of at least 4 members (excludes halogenated alkanes) is 31. The summed E-state index contributed by atoms with van der Waals surface area (Å²) in [5, 5.41) is 10.6. The maximum Gasteiger partial charge on any atom is 0.472 e. The minimum absolute atomic E-state index is 0.0384. The van der Waals surface area contributed by atoms with Gasteiger partial charge in [-0.15, -0.1) is 0 Å². The van der Waals surface area contributed by atoms with Crippen molar-refractivity contribution in [2.24, 2.45) is 0 Å². The van der Waals surface area contributed by atoms with Gasteiger partial charge < -0.3 is 33.8 Å². The molecule has 588 valence electrons. The zero-order valence-electron chi connectivity index (χ0n) is 64.3. The summed E-state index contributed by atoms with van der Waals surface area (Å²) < 4.78 is 68.5. The van der Waals surface area contributed by atoms with Crippen LogP contribution in [0.1, 0.15) is 336 Å². The van der Waals surface area contributed by atoms with Gasteiger partial charge in [0.2, 0.25) is 0 Å². The smallest absolute Gasteiger partial charge is 0.462 e. The van der Waals surface area contributed by atoms with Gasteiger partial charge in [0.1, 0.15) is 19.3 Å². The van der Waals surface area contributed by atoms with Crippen molar-refractivity contribution in [2.75, 3.05) is 39.6 Å². The summed E-state index contributed by atoms with van der Waals surface area (Å²) in [6, 6.07) is 0. The standard InChI is InChI=1S/C83H144O17P2/c1-5-9-13-17-21-25-29-33-36-37-38-39-42-45-48-52-56-60-64-68-81(86)94-74-79(100-83(88)70-66-62-58-54-50-46-41-35-31-27-23-19-15-11-7-3)76-98-102(91,92)96-72-77(84)71-95-101(89,90)97-75-78(99-82(87)69-65-61-57-53-49-43-32-28-24-20-16-12-8-4)73-93-80(85)67-63-59-55-51-47-44-40-34-30-26-22-18-14-10-6-2/h11,15-16,20-21,23,25,27-28,32-33,35-36,38-39,41,50,54,77-79,84H,5-10,12-14,17-19,22,24,26,29-31,34,37,40,42-49,51-53,55-76H2,1-4H3,(H,89,90)(H,91,92)/b15-11-,20-16-,25-21-,27-23-,32-28-,36-33-,39-38-,41-35-,54-50-. The fourth-order valence-electron chi connectivity index (χ4n) is 10.6. The SMILES string of the molecule is CC/C=C\C/C=C\C/C=C\C/C=C\CCCCC(=O)OC(COC(=O)CCCCCCCC/C=C\C/C=C\C/C=C\CCCCC)COP(=O)(O)OCC(O)COP(=O)(O)OCC(COC(=O)CCCCCCCCCCCCCCCCC)OC(=O)CCCCCCC/C=C\C/C=C\CCC. The molecule has 0 aliphatic carbocycles.